The highest BCUT2D eigenvalue weighted by molar-refractivity contribution is 6.46. The minimum Gasteiger partial charge on any atom is -0.398 e. The number of hydrogen-bond acceptors (Lipinski definition) is 3. The SMILES string of the molecule is C=CC(C1=NCC2(CC2)NC1=O)=C(N)/C=C\C. The van der Waals surface area contributed by atoms with Gasteiger partial charge in [0.2, 0.25) is 0 Å². The van der Waals surface area contributed by atoms with Crippen molar-refractivity contribution in [2.45, 2.75) is 25.3 Å². The normalized spacial score (nSPS) is 23.1. The lowest BCUT2D eigenvalue weighted by Crippen LogP contribution is -2.47. The second-order valence-electron chi connectivity index (χ2n) is 4.47. The molecule has 0 radical (unpaired) electrons. The highest BCUT2D eigenvalue weighted by Crippen LogP contribution is 2.37. The number of rotatable bonds is 3. The number of carbonyl (C=O) groups excluding carboxylic acids is 1. The van der Waals surface area contributed by atoms with Crippen LogP contribution >= 0.6 is 0 Å². The molecule has 3 N–H and O–H groups in total. The molecular formula is C13H17N3O. The van der Waals surface area contributed by atoms with Crippen LogP contribution in [0.5, 0.6) is 0 Å². The Hall–Kier alpha value is -1.84. The molecule has 90 valence electrons. The summed E-state index contributed by atoms with van der Waals surface area (Å²) in [6.07, 6.45) is 7.19. The van der Waals surface area contributed by atoms with Crippen molar-refractivity contribution in [3.8, 4) is 0 Å². The summed E-state index contributed by atoms with van der Waals surface area (Å²) >= 11 is 0. The average molecular weight is 231 g/mol. The van der Waals surface area contributed by atoms with Crippen molar-refractivity contribution in [1.82, 2.24) is 5.32 Å². The number of aliphatic imine (C=N–C) groups is 1. The number of nitrogens with zero attached hydrogens (tertiary/aromatic N) is 1. The number of amides is 1. The van der Waals surface area contributed by atoms with E-state index in [4.69, 9.17) is 5.73 Å². The Kier molecular flexibility index (Phi) is 2.88. The van der Waals surface area contributed by atoms with E-state index < -0.39 is 0 Å². The quantitative estimate of drug-likeness (QED) is 0.713. The first-order valence-corrected chi connectivity index (χ1v) is 5.74. The van der Waals surface area contributed by atoms with Crippen LogP contribution in [0.3, 0.4) is 0 Å². The molecule has 1 amide bonds. The van der Waals surface area contributed by atoms with Crippen LogP contribution in [0.25, 0.3) is 0 Å². The predicted molar refractivity (Wildman–Crippen MR) is 68.6 cm³/mol. The van der Waals surface area contributed by atoms with Gasteiger partial charge in [-0.3, -0.25) is 9.79 Å². The zero-order valence-corrected chi connectivity index (χ0v) is 9.99. The molecule has 1 saturated carbocycles. The summed E-state index contributed by atoms with van der Waals surface area (Å²) in [5.74, 6) is -0.142. The Balaban J connectivity index is 2.32. The molecule has 2 aliphatic rings. The average Bonchev–Trinajstić information content (AvgIpc) is 3.03. The number of hydrogen-bond donors (Lipinski definition) is 2. The minimum absolute atomic E-state index is 0.0534. The monoisotopic (exact) mass is 231 g/mol. The molecule has 1 spiro atoms. The molecule has 0 aromatic carbocycles. The molecule has 0 atom stereocenters. The van der Waals surface area contributed by atoms with Crippen LogP contribution in [0.2, 0.25) is 0 Å². The van der Waals surface area contributed by atoms with Crippen molar-refractivity contribution >= 4 is 11.6 Å². The summed E-state index contributed by atoms with van der Waals surface area (Å²) in [6.45, 7) is 6.21. The first-order valence-electron chi connectivity index (χ1n) is 5.74. The molecule has 0 bridgehead atoms. The maximum atomic E-state index is 12.0. The van der Waals surface area contributed by atoms with Crippen LogP contribution in [0, 0.1) is 0 Å². The Morgan fingerprint density at radius 2 is 2.29 bits per heavy atom. The zero-order chi connectivity index (χ0) is 12.5. The smallest absolute Gasteiger partial charge is 0.270 e. The summed E-state index contributed by atoms with van der Waals surface area (Å²) < 4.78 is 0. The van der Waals surface area contributed by atoms with E-state index in [2.05, 4.69) is 16.9 Å². The maximum Gasteiger partial charge on any atom is 0.270 e. The Morgan fingerprint density at radius 3 is 2.76 bits per heavy atom. The van der Waals surface area contributed by atoms with Gasteiger partial charge in [0.15, 0.2) is 0 Å². The fourth-order valence-electron chi connectivity index (χ4n) is 1.90. The third-order valence-electron chi connectivity index (χ3n) is 3.10. The van der Waals surface area contributed by atoms with Crippen LogP contribution in [-0.4, -0.2) is 23.7 Å². The topological polar surface area (TPSA) is 67.5 Å². The number of nitrogens with one attached hydrogen (secondary N) is 1. The third-order valence-corrected chi connectivity index (χ3v) is 3.10. The van der Waals surface area contributed by atoms with Gasteiger partial charge < -0.3 is 11.1 Å². The van der Waals surface area contributed by atoms with E-state index in [1.807, 2.05) is 13.0 Å². The van der Waals surface area contributed by atoms with Crippen LogP contribution < -0.4 is 11.1 Å². The van der Waals surface area contributed by atoms with Gasteiger partial charge >= 0.3 is 0 Å². The van der Waals surface area contributed by atoms with E-state index in [0.29, 0.717) is 23.5 Å². The number of carbonyl (C=O) groups is 1. The molecule has 0 aromatic rings. The first-order chi connectivity index (χ1) is 8.12. The van der Waals surface area contributed by atoms with Crippen molar-refractivity contribution in [2.24, 2.45) is 10.7 Å². The Bertz CT molecular complexity index is 453. The van der Waals surface area contributed by atoms with Crippen molar-refractivity contribution in [3.63, 3.8) is 0 Å². The molecule has 1 heterocycles. The van der Waals surface area contributed by atoms with E-state index >= 15 is 0 Å². The highest BCUT2D eigenvalue weighted by atomic mass is 16.2. The number of nitrogens with two attached hydrogens (primary N) is 1. The highest BCUT2D eigenvalue weighted by Gasteiger charge is 2.47. The standard InChI is InChI=1S/C13H17N3O/c1-3-5-10(14)9(4-2)11-12(17)16-13(6-7-13)8-15-11/h3-5H,2,6-8,14H2,1H3,(H,16,17)/b5-3-,10-9?. The third kappa shape index (κ3) is 2.16. The summed E-state index contributed by atoms with van der Waals surface area (Å²) in [7, 11) is 0. The molecule has 17 heavy (non-hydrogen) atoms. The van der Waals surface area contributed by atoms with Gasteiger partial charge in [0.05, 0.1) is 12.1 Å². The van der Waals surface area contributed by atoms with Gasteiger partial charge in [0.25, 0.3) is 5.91 Å². The number of allylic oxidation sites excluding steroid dienone is 3. The molecule has 4 heteroatoms. The maximum absolute atomic E-state index is 12.0. The lowest BCUT2D eigenvalue weighted by molar-refractivity contribution is -0.116. The van der Waals surface area contributed by atoms with Gasteiger partial charge in [-0.1, -0.05) is 18.7 Å². The second-order valence-corrected chi connectivity index (χ2v) is 4.47. The van der Waals surface area contributed by atoms with Crippen LogP contribution in [0.15, 0.2) is 41.1 Å². The van der Waals surface area contributed by atoms with Gasteiger partial charge in [-0.25, -0.2) is 0 Å². The van der Waals surface area contributed by atoms with Gasteiger partial charge in [-0.2, -0.15) is 0 Å². The van der Waals surface area contributed by atoms with Gasteiger partial charge in [-0.05, 0) is 25.8 Å². The lowest BCUT2D eigenvalue weighted by Gasteiger charge is -2.22. The molecule has 4 nitrogen and oxygen atoms in total. The van der Waals surface area contributed by atoms with Gasteiger partial charge in [-0.15, -0.1) is 0 Å². The second kappa shape index (κ2) is 4.20. The van der Waals surface area contributed by atoms with Crippen LogP contribution in [0.4, 0.5) is 0 Å². The van der Waals surface area contributed by atoms with Crippen molar-refractivity contribution in [2.75, 3.05) is 6.54 Å². The largest absolute Gasteiger partial charge is 0.398 e. The Labute approximate surface area is 101 Å². The van der Waals surface area contributed by atoms with Crippen LogP contribution in [0.1, 0.15) is 19.8 Å². The van der Waals surface area contributed by atoms with E-state index in [1.165, 1.54) is 0 Å². The molecule has 1 aliphatic heterocycles. The summed E-state index contributed by atoms with van der Waals surface area (Å²) in [5.41, 5.74) is 7.34. The van der Waals surface area contributed by atoms with Gasteiger partial charge in [0, 0.05) is 11.3 Å². The lowest BCUT2D eigenvalue weighted by atomic mass is 10.0. The molecule has 1 fully saturated rings. The fourth-order valence-corrected chi connectivity index (χ4v) is 1.90. The van der Waals surface area contributed by atoms with Crippen molar-refractivity contribution in [3.05, 3.63) is 36.1 Å². The first kappa shape index (κ1) is 11.6. The Morgan fingerprint density at radius 1 is 1.59 bits per heavy atom. The van der Waals surface area contributed by atoms with E-state index in [9.17, 15) is 4.79 Å². The molecule has 0 saturated heterocycles. The molecule has 0 aromatic heterocycles. The van der Waals surface area contributed by atoms with E-state index in [1.54, 1.807) is 12.2 Å². The summed E-state index contributed by atoms with van der Waals surface area (Å²) in [5, 5.41) is 3.00. The predicted octanol–water partition coefficient (Wildman–Crippen LogP) is 1.06. The van der Waals surface area contributed by atoms with Crippen molar-refractivity contribution in [1.29, 1.82) is 0 Å². The van der Waals surface area contributed by atoms with Crippen molar-refractivity contribution < 1.29 is 4.79 Å². The molecular weight excluding hydrogens is 214 g/mol. The van der Waals surface area contributed by atoms with Gasteiger partial charge in [0.1, 0.15) is 5.71 Å². The van der Waals surface area contributed by atoms with Crippen LogP contribution in [-0.2, 0) is 4.79 Å². The molecule has 1 aliphatic carbocycles. The summed E-state index contributed by atoms with van der Waals surface area (Å²) in [4.78, 5) is 16.3. The molecule has 0 unspecified atom stereocenters. The van der Waals surface area contributed by atoms with E-state index in [0.717, 1.165) is 12.8 Å². The minimum atomic E-state index is -0.142. The fraction of sp³-hybridized carbons (Fsp3) is 0.385. The molecule has 2 rings (SSSR count). The van der Waals surface area contributed by atoms with E-state index in [-0.39, 0.29) is 11.4 Å². The summed E-state index contributed by atoms with van der Waals surface area (Å²) in [6, 6.07) is 0. The zero-order valence-electron chi connectivity index (χ0n) is 9.99.